The van der Waals surface area contributed by atoms with Gasteiger partial charge in [-0.2, -0.15) is 0 Å². The van der Waals surface area contributed by atoms with Crippen LogP contribution in [0.4, 0.5) is 0 Å². The van der Waals surface area contributed by atoms with Crippen LogP contribution in [0.3, 0.4) is 0 Å². The molecule has 0 aliphatic heterocycles. The van der Waals surface area contributed by atoms with Crippen LogP contribution in [0.5, 0.6) is 0 Å². The predicted molar refractivity (Wildman–Crippen MR) is 86.7 cm³/mol. The summed E-state index contributed by atoms with van der Waals surface area (Å²) in [6.45, 7) is 4.82. The van der Waals surface area contributed by atoms with E-state index in [1.165, 1.54) is 5.56 Å². The van der Waals surface area contributed by atoms with Gasteiger partial charge in [0.05, 0.1) is 0 Å². The summed E-state index contributed by atoms with van der Waals surface area (Å²) in [5, 5.41) is 3.37. The third-order valence-corrected chi connectivity index (χ3v) is 3.72. The van der Waals surface area contributed by atoms with Crippen molar-refractivity contribution in [2.75, 3.05) is 6.54 Å². The van der Waals surface area contributed by atoms with E-state index in [2.05, 4.69) is 41.7 Å². The normalized spacial score (nSPS) is 13.6. The van der Waals surface area contributed by atoms with Gasteiger partial charge in [-0.1, -0.05) is 61.5 Å². The molecule has 3 heteroatoms. The molecule has 0 fully saturated rings. The summed E-state index contributed by atoms with van der Waals surface area (Å²) in [4.78, 5) is 11.3. The molecule has 1 atom stereocenters. The zero-order valence-corrected chi connectivity index (χ0v) is 12.6. The average molecular weight is 282 g/mol. The Hall–Kier alpha value is -2.13. The topological polar surface area (TPSA) is 55.1 Å². The third kappa shape index (κ3) is 3.70. The maximum absolute atomic E-state index is 11.3. The molecule has 2 aromatic carbocycles. The molecule has 21 heavy (non-hydrogen) atoms. The monoisotopic (exact) mass is 282 g/mol. The van der Waals surface area contributed by atoms with Gasteiger partial charge >= 0.3 is 0 Å². The number of carbonyl (C=O) groups is 1. The standard InChI is InChI=1S/C18H22N2O/c1-3-20-18(2,13-17(19)21)16-11-9-15(10-12-16)14-7-5-4-6-8-14/h4-12,20H,3,13H2,1-2H3,(H2,19,21). The highest BCUT2D eigenvalue weighted by atomic mass is 16.1. The van der Waals surface area contributed by atoms with E-state index in [0.29, 0.717) is 0 Å². The van der Waals surface area contributed by atoms with Gasteiger partial charge in [0.2, 0.25) is 5.91 Å². The maximum atomic E-state index is 11.3. The van der Waals surface area contributed by atoms with Crippen LogP contribution >= 0.6 is 0 Å². The van der Waals surface area contributed by atoms with Gasteiger partial charge in [0.15, 0.2) is 0 Å². The van der Waals surface area contributed by atoms with E-state index in [-0.39, 0.29) is 12.3 Å². The van der Waals surface area contributed by atoms with Crippen molar-refractivity contribution >= 4 is 5.91 Å². The lowest BCUT2D eigenvalue weighted by Crippen LogP contribution is -2.42. The Kier molecular flexibility index (Phi) is 4.76. The fourth-order valence-electron chi connectivity index (χ4n) is 2.67. The second-order valence-corrected chi connectivity index (χ2v) is 5.45. The lowest BCUT2D eigenvalue weighted by Gasteiger charge is -2.30. The molecule has 0 saturated heterocycles. The quantitative estimate of drug-likeness (QED) is 0.855. The molecule has 2 rings (SSSR count). The molecule has 0 aromatic heterocycles. The molecule has 3 nitrogen and oxygen atoms in total. The van der Waals surface area contributed by atoms with E-state index >= 15 is 0 Å². The number of amides is 1. The Morgan fingerprint density at radius 2 is 1.62 bits per heavy atom. The van der Waals surface area contributed by atoms with Gasteiger partial charge in [-0.15, -0.1) is 0 Å². The van der Waals surface area contributed by atoms with E-state index < -0.39 is 5.54 Å². The van der Waals surface area contributed by atoms with Crippen molar-refractivity contribution in [1.82, 2.24) is 5.32 Å². The molecule has 1 amide bonds. The first-order valence-electron chi connectivity index (χ1n) is 7.24. The highest BCUT2D eigenvalue weighted by Gasteiger charge is 2.27. The van der Waals surface area contributed by atoms with Gasteiger partial charge < -0.3 is 11.1 Å². The van der Waals surface area contributed by atoms with Gasteiger partial charge in [-0.25, -0.2) is 0 Å². The first-order valence-corrected chi connectivity index (χ1v) is 7.24. The lowest BCUT2D eigenvalue weighted by molar-refractivity contribution is -0.119. The molecule has 3 N–H and O–H groups in total. The molecule has 0 aliphatic rings. The maximum Gasteiger partial charge on any atom is 0.219 e. The number of benzene rings is 2. The number of nitrogens with two attached hydrogens (primary N) is 1. The van der Waals surface area contributed by atoms with E-state index in [9.17, 15) is 4.79 Å². The van der Waals surface area contributed by atoms with Gasteiger partial charge in [0, 0.05) is 12.0 Å². The van der Waals surface area contributed by atoms with Gasteiger partial charge in [-0.05, 0) is 30.2 Å². The van der Waals surface area contributed by atoms with Crippen molar-refractivity contribution < 1.29 is 4.79 Å². The SMILES string of the molecule is CCNC(C)(CC(N)=O)c1ccc(-c2ccccc2)cc1. The largest absolute Gasteiger partial charge is 0.370 e. The smallest absolute Gasteiger partial charge is 0.219 e. The van der Waals surface area contributed by atoms with Crippen molar-refractivity contribution in [3.8, 4) is 11.1 Å². The Morgan fingerprint density at radius 3 is 2.14 bits per heavy atom. The molecular formula is C18H22N2O. The van der Waals surface area contributed by atoms with E-state index in [1.807, 2.05) is 32.0 Å². The zero-order chi connectivity index (χ0) is 15.3. The lowest BCUT2D eigenvalue weighted by atomic mass is 9.87. The number of rotatable bonds is 6. The van der Waals surface area contributed by atoms with Crippen molar-refractivity contribution in [1.29, 1.82) is 0 Å². The number of carbonyl (C=O) groups excluding carboxylic acids is 1. The Morgan fingerprint density at radius 1 is 1.05 bits per heavy atom. The van der Waals surface area contributed by atoms with Crippen LogP contribution in [0.25, 0.3) is 11.1 Å². The average Bonchev–Trinajstić information content (AvgIpc) is 2.48. The summed E-state index contributed by atoms with van der Waals surface area (Å²) in [6.07, 6.45) is 0.283. The highest BCUT2D eigenvalue weighted by molar-refractivity contribution is 5.75. The van der Waals surface area contributed by atoms with Crippen LogP contribution in [-0.2, 0) is 10.3 Å². The molecule has 0 radical (unpaired) electrons. The Balaban J connectivity index is 2.29. The Labute approximate surface area is 126 Å². The third-order valence-electron chi connectivity index (χ3n) is 3.72. The Bertz CT molecular complexity index is 592. The summed E-state index contributed by atoms with van der Waals surface area (Å²) < 4.78 is 0. The van der Waals surface area contributed by atoms with Crippen LogP contribution in [0.1, 0.15) is 25.8 Å². The fraction of sp³-hybridized carbons (Fsp3) is 0.278. The molecule has 0 heterocycles. The molecule has 0 spiro atoms. The minimum atomic E-state index is -0.421. The zero-order valence-electron chi connectivity index (χ0n) is 12.6. The summed E-state index contributed by atoms with van der Waals surface area (Å²) in [5.74, 6) is -0.300. The van der Waals surface area contributed by atoms with Crippen molar-refractivity contribution in [3.63, 3.8) is 0 Å². The van der Waals surface area contributed by atoms with Crippen molar-refractivity contribution in [2.24, 2.45) is 5.73 Å². The van der Waals surface area contributed by atoms with E-state index in [0.717, 1.165) is 17.7 Å². The summed E-state index contributed by atoms with van der Waals surface area (Å²) in [6, 6.07) is 18.5. The number of hydrogen-bond donors (Lipinski definition) is 2. The van der Waals surface area contributed by atoms with Crippen molar-refractivity contribution in [3.05, 3.63) is 60.2 Å². The summed E-state index contributed by atoms with van der Waals surface area (Å²) >= 11 is 0. The first-order chi connectivity index (χ1) is 10.0. The number of nitrogens with one attached hydrogen (secondary N) is 1. The predicted octanol–water partition coefficient (Wildman–Crippen LogP) is 3.05. The molecule has 2 aromatic rings. The fourth-order valence-corrected chi connectivity index (χ4v) is 2.67. The molecule has 0 bridgehead atoms. The van der Waals surface area contributed by atoms with Gasteiger partial charge in [-0.3, -0.25) is 4.79 Å². The summed E-state index contributed by atoms with van der Waals surface area (Å²) in [7, 11) is 0. The van der Waals surface area contributed by atoms with Gasteiger partial charge in [0.1, 0.15) is 0 Å². The minimum absolute atomic E-state index is 0.283. The van der Waals surface area contributed by atoms with E-state index in [4.69, 9.17) is 5.73 Å². The van der Waals surface area contributed by atoms with Crippen LogP contribution in [0.2, 0.25) is 0 Å². The molecule has 1 unspecified atom stereocenters. The second-order valence-electron chi connectivity index (χ2n) is 5.45. The highest BCUT2D eigenvalue weighted by Crippen LogP contribution is 2.27. The van der Waals surface area contributed by atoms with Crippen LogP contribution < -0.4 is 11.1 Å². The van der Waals surface area contributed by atoms with Crippen LogP contribution in [-0.4, -0.2) is 12.5 Å². The summed E-state index contributed by atoms with van der Waals surface area (Å²) in [5.41, 5.74) is 8.39. The first kappa shape index (κ1) is 15.3. The number of hydrogen-bond acceptors (Lipinski definition) is 2. The molecule has 0 aliphatic carbocycles. The second kappa shape index (κ2) is 6.55. The molecule has 110 valence electrons. The molecular weight excluding hydrogens is 260 g/mol. The minimum Gasteiger partial charge on any atom is -0.370 e. The van der Waals surface area contributed by atoms with Crippen molar-refractivity contribution in [2.45, 2.75) is 25.8 Å². The molecule has 0 saturated carbocycles. The number of primary amides is 1. The van der Waals surface area contributed by atoms with Crippen LogP contribution in [0, 0.1) is 0 Å². The van der Waals surface area contributed by atoms with E-state index in [1.54, 1.807) is 0 Å². The van der Waals surface area contributed by atoms with Gasteiger partial charge in [0.25, 0.3) is 0 Å². The van der Waals surface area contributed by atoms with Crippen LogP contribution in [0.15, 0.2) is 54.6 Å².